The van der Waals surface area contributed by atoms with Crippen LogP contribution in [0.15, 0.2) is 40.9 Å². The highest BCUT2D eigenvalue weighted by Gasteiger charge is 2.28. The Morgan fingerprint density at radius 3 is 2.91 bits per heavy atom. The summed E-state index contributed by atoms with van der Waals surface area (Å²) in [6.07, 6.45) is 0. The predicted octanol–water partition coefficient (Wildman–Crippen LogP) is 4.04. The largest absolute Gasteiger partial charge is 0.497 e. The normalized spacial score (nSPS) is 13.6. The molecule has 22 heavy (non-hydrogen) atoms. The van der Waals surface area contributed by atoms with Gasteiger partial charge in [0.05, 0.1) is 23.8 Å². The molecule has 0 spiro atoms. The maximum atomic E-state index is 12.3. The van der Waals surface area contributed by atoms with E-state index >= 15 is 0 Å². The molecule has 1 aliphatic rings. The van der Waals surface area contributed by atoms with Gasteiger partial charge >= 0.3 is 0 Å². The molecular weight excluding hydrogens is 370 g/mol. The Bertz CT molecular complexity index is 735. The summed E-state index contributed by atoms with van der Waals surface area (Å²) in [5.41, 5.74) is 1.63. The van der Waals surface area contributed by atoms with Crippen LogP contribution in [0, 0.1) is 0 Å². The first kappa shape index (κ1) is 15.2. The van der Waals surface area contributed by atoms with Gasteiger partial charge in [-0.2, -0.15) is 0 Å². The number of fused-ring (bicyclic) bond motifs is 1. The third-order valence-corrected chi connectivity index (χ3v) is 4.22. The number of carbonyl (C=O) groups excluding carboxylic acids is 1. The zero-order valence-corrected chi connectivity index (χ0v) is 14.1. The Balaban J connectivity index is 2.01. The van der Waals surface area contributed by atoms with E-state index in [-0.39, 0.29) is 12.5 Å². The van der Waals surface area contributed by atoms with E-state index < -0.39 is 0 Å². The maximum Gasteiger partial charge on any atom is 0.265 e. The molecule has 2 aromatic rings. The van der Waals surface area contributed by atoms with Crippen molar-refractivity contribution >= 4 is 39.1 Å². The number of halogens is 2. The van der Waals surface area contributed by atoms with Crippen LogP contribution in [0.25, 0.3) is 0 Å². The van der Waals surface area contributed by atoms with E-state index in [1.807, 2.05) is 24.3 Å². The van der Waals surface area contributed by atoms with E-state index in [0.717, 1.165) is 10.0 Å². The van der Waals surface area contributed by atoms with E-state index in [2.05, 4.69) is 15.9 Å². The number of hydrogen-bond acceptors (Lipinski definition) is 3. The maximum absolute atomic E-state index is 12.3. The van der Waals surface area contributed by atoms with Gasteiger partial charge in [0.2, 0.25) is 0 Å². The Kier molecular flexibility index (Phi) is 4.27. The Labute approximate surface area is 141 Å². The van der Waals surface area contributed by atoms with Crippen molar-refractivity contribution in [2.75, 3.05) is 18.6 Å². The SMILES string of the molecule is COc1cc(Br)c2c(c1)N(Cc1cccc(Cl)c1)C(=O)CO2. The molecule has 6 heteroatoms. The Morgan fingerprint density at radius 1 is 1.36 bits per heavy atom. The summed E-state index contributed by atoms with van der Waals surface area (Å²) < 4.78 is 11.6. The van der Waals surface area contributed by atoms with Gasteiger partial charge in [0.1, 0.15) is 5.75 Å². The van der Waals surface area contributed by atoms with Crippen molar-refractivity contribution in [1.29, 1.82) is 0 Å². The second-order valence-corrected chi connectivity index (χ2v) is 6.15. The van der Waals surface area contributed by atoms with Crippen LogP contribution in [0.4, 0.5) is 5.69 Å². The summed E-state index contributed by atoms with van der Waals surface area (Å²) in [5.74, 6) is 1.19. The van der Waals surface area contributed by atoms with Gasteiger partial charge in [-0.15, -0.1) is 0 Å². The minimum atomic E-state index is -0.104. The zero-order chi connectivity index (χ0) is 15.7. The lowest BCUT2D eigenvalue weighted by molar-refractivity contribution is -0.121. The van der Waals surface area contributed by atoms with Gasteiger partial charge in [-0.1, -0.05) is 23.7 Å². The highest BCUT2D eigenvalue weighted by molar-refractivity contribution is 9.10. The van der Waals surface area contributed by atoms with Crippen molar-refractivity contribution in [3.05, 3.63) is 51.5 Å². The standard InChI is InChI=1S/C16H13BrClNO3/c1-21-12-6-13(17)16-14(7-12)19(15(20)9-22-16)8-10-3-2-4-11(18)5-10/h2-7H,8-9H2,1H3. The average Bonchev–Trinajstić information content (AvgIpc) is 2.50. The second kappa shape index (κ2) is 6.18. The first-order valence-electron chi connectivity index (χ1n) is 6.63. The van der Waals surface area contributed by atoms with Crippen molar-refractivity contribution in [3.63, 3.8) is 0 Å². The summed E-state index contributed by atoms with van der Waals surface area (Å²) in [7, 11) is 1.58. The van der Waals surface area contributed by atoms with E-state index in [1.54, 1.807) is 24.1 Å². The highest BCUT2D eigenvalue weighted by atomic mass is 79.9. The molecule has 0 radical (unpaired) electrons. The van der Waals surface area contributed by atoms with Crippen LogP contribution in [0.3, 0.4) is 0 Å². The van der Waals surface area contributed by atoms with Gasteiger partial charge < -0.3 is 14.4 Å². The van der Waals surface area contributed by atoms with Crippen molar-refractivity contribution < 1.29 is 14.3 Å². The van der Waals surface area contributed by atoms with E-state index in [0.29, 0.717) is 28.8 Å². The summed E-state index contributed by atoms with van der Waals surface area (Å²) in [6, 6.07) is 11.1. The number of methoxy groups -OCH3 is 1. The molecule has 0 saturated heterocycles. The molecule has 0 bridgehead atoms. The summed E-state index contributed by atoms with van der Waals surface area (Å²) in [5, 5.41) is 0.644. The molecule has 0 fully saturated rings. The van der Waals surface area contributed by atoms with E-state index in [1.165, 1.54) is 0 Å². The number of amides is 1. The summed E-state index contributed by atoms with van der Waals surface area (Å²) in [6.45, 7) is 0.438. The molecule has 1 aliphatic heterocycles. The van der Waals surface area contributed by atoms with Gasteiger partial charge in [-0.3, -0.25) is 4.79 Å². The molecule has 4 nitrogen and oxygen atoms in total. The number of rotatable bonds is 3. The number of benzene rings is 2. The molecule has 3 rings (SSSR count). The summed E-state index contributed by atoms with van der Waals surface area (Å²) in [4.78, 5) is 13.9. The molecule has 114 valence electrons. The molecular formula is C16H13BrClNO3. The van der Waals surface area contributed by atoms with Crippen molar-refractivity contribution in [2.45, 2.75) is 6.54 Å². The molecule has 0 saturated carbocycles. The fraction of sp³-hybridized carbons (Fsp3) is 0.188. The Morgan fingerprint density at radius 2 is 2.18 bits per heavy atom. The molecule has 0 N–H and O–H groups in total. The molecule has 0 atom stereocenters. The van der Waals surface area contributed by atoms with Crippen molar-refractivity contribution in [2.24, 2.45) is 0 Å². The lowest BCUT2D eigenvalue weighted by Gasteiger charge is -2.30. The van der Waals surface area contributed by atoms with Gasteiger partial charge in [-0.25, -0.2) is 0 Å². The number of anilines is 1. The predicted molar refractivity (Wildman–Crippen MR) is 88.8 cm³/mol. The van der Waals surface area contributed by atoms with Crippen LogP contribution in [-0.2, 0) is 11.3 Å². The van der Waals surface area contributed by atoms with Gasteiger partial charge in [0, 0.05) is 11.1 Å². The van der Waals surface area contributed by atoms with Gasteiger partial charge in [0.25, 0.3) is 5.91 Å². The van der Waals surface area contributed by atoms with Crippen LogP contribution in [0.1, 0.15) is 5.56 Å². The molecule has 1 amide bonds. The van der Waals surface area contributed by atoms with Crippen LogP contribution in [0.2, 0.25) is 5.02 Å². The molecule has 1 heterocycles. The van der Waals surface area contributed by atoms with Crippen LogP contribution in [0.5, 0.6) is 11.5 Å². The van der Waals surface area contributed by atoms with Gasteiger partial charge in [-0.05, 0) is 39.7 Å². The average molecular weight is 383 g/mol. The van der Waals surface area contributed by atoms with Crippen LogP contribution in [-0.4, -0.2) is 19.6 Å². The van der Waals surface area contributed by atoms with Crippen molar-refractivity contribution in [3.8, 4) is 11.5 Å². The van der Waals surface area contributed by atoms with Crippen LogP contribution >= 0.6 is 27.5 Å². The lowest BCUT2D eigenvalue weighted by Crippen LogP contribution is -2.38. The minimum Gasteiger partial charge on any atom is -0.497 e. The monoisotopic (exact) mass is 381 g/mol. The first-order valence-corrected chi connectivity index (χ1v) is 7.80. The third kappa shape index (κ3) is 2.91. The quantitative estimate of drug-likeness (QED) is 0.804. The number of ether oxygens (including phenoxy) is 2. The minimum absolute atomic E-state index is 0.0124. The summed E-state index contributed by atoms with van der Waals surface area (Å²) >= 11 is 9.47. The highest BCUT2D eigenvalue weighted by Crippen LogP contribution is 2.42. The van der Waals surface area contributed by atoms with E-state index in [9.17, 15) is 4.79 Å². The molecule has 2 aromatic carbocycles. The number of carbonyl (C=O) groups is 1. The number of nitrogens with zero attached hydrogens (tertiary/aromatic N) is 1. The fourth-order valence-corrected chi connectivity index (χ4v) is 3.11. The Hall–Kier alpha value is -1.72. The second-order valence-electron chi connectivity index (χ2n) is 4.86. The topological polar surface area (TPSA) is 38.8 Å². The van der Waals surface area contributed by atoms with Crippen molar-refractivity contribution in [1.82, 2.24) is 0 Å². The number of hydrogen-bond donors (Lipinski definition) is 0. The van der Waals surface area contributed by atoms with Crippen LogP contribution < -0.4 is 14.4 Å². The third-order valence-electron chi connectivity index (χ3n) is 3.39. The molecule has 0 unspecified atom stereocenters. The molecule has 0 aromatic heterocycles. The fourth-order valence-electron chi connectivity index (χ4n) is 2.35. The van der Waals surface area contributed by atoms with Gasteiger partial charge in [0.15, 0.2) is 12.4 Å². The van der Waals surface area contributed by atoms with E-state index in [4.69, 9.17) is 21.1 Å². The first-order chi connectivity index (χ1) is 10.6. The zero-order valence-electron chi connectivity index (χ0n) is 11.8. The lowest BCUT2D eigenvalue weighted by atomic mass is 10.1. The molecule has 0 aliphatic carbocycles. The smallest absolute Gasteiger partial charge is 0.265 e.